The van der Waals surface area contributed by atoms with Gasteiger partial charge < -0.3 is 5.32 Å². The van der Waals surface area contributed by atoms with E-state index in [1.807, 2.05) is 0 Å². The Balaban J connectivity index is 0.00000128. The zero-order valence-corrected chi connectivity index (χ0v) is 11.8. The molecule has 2 aliphatic rings. The van der Waals surface area contributed by atoms with Crippen LogP contribution in [0, 0.1) is 5.41 Å². The molecule has 96 valence electrons. The molecule has 2 bridgehead atoms. The van der Waals surface area contributed by atoms with Gasteiger partial charge >= 0.3 is 0 Å². The van der Waals surface area contributed by atoms with E-state index in [0.29, 0.717) is 5.41 Å². The molecule has 16 heavy (non-hydrogen) atoms. The quantitative estimate of drug-likeness (QED) is 0.806. The van der Waals surface area contributed by atoms with Crippen LogP contribution in [0.3, 0.4) is 0 Å². The number of fused-ring (bicyclic) bond motifs is 2. The van der Waals surface area contributed by atoms with Crippen LogP contribution in [0.15, 0.2) is 0 Å². The van der Waals surface area contributed by atoms with Crippen LogP contribution >= 0.6 is 12.4 Å². The number of hydrogen-bond acceptors (Lipinski definition) is 2. The van der Waals surface area contributed by atoms with Gasteiger partial charge in [-0.3, -0.25) is 4.90 Å². The number of nitrogens with one attached hydrogen (secondary N) is 1. The topological polar surface area (TPSA) is 15.3 Å². The molecule has 3 heteroatoms. The predicted octanol–water partition coefficient (Wildman–Crippen LogP) is 2.67. The first-order chi connectivity index (χ1) is 7.06. The fraction of sp³-hybridized carbons (Fsp3) is 1.00. The third-order valence-corrected chi connectivity index (χ3v) is 3.93. The van der Waals surface area contributed by atoms with E-state index >= 15 is 0 Å². The Kier molecular flexibility index (Phi) is 5.09. The first-order valence-electron chi connectivity index (χ1n) is 6.53. The van der Waals surface area contributed by atoms with Gasteiger partial charge in [0.15, 0.2) is 0 Å². The average molecular weight is 247 g/mol. The number of halogens is 1. The molecule has 0 radical (unpaired) electrons. The molecule has 0 spiro atoms. The molecular formula is C13H27ClN2. The Labute approximate surface area is 107 Å². The van der Waals surface area contributed by atoms with E-state index in [4.69, 9.17) is 0 Å². The van der Waals surface area contributed by atoms with Gasteiger partial charge in [0.1, 0.15) is 0 Å². The number of nitrogens with zero attached hydrogens (tertiary/aromatic N) is 1. The molecule has 2 rings (SSSR count). The van der Waals surface area contributed by atoms with Crippen molar-refractivity contribution in [3.8, 4) is 0 Å². The van der Waals surface area contributed by atoms with E-state index in [2.05, 4.69) is 31.0 Å². The smallest absolute Gasteiger partial charge is 0.0224 e. The van der Waals surface area contributed by atoms with E-state index in [-0.39, 0.29) is 12.4 Å². The van der Waals surface area contributed by atoms with Crippen molar-refractivity contribution in [3.63, 3.8) is 0 Å². The van der Waals surface area contributed by atoms with Gasteiger partial charge in [-0.15, -0.1) is 12.4 Å². The Hall–Kier alpha value is 0.210. The van der Waals surface area contributed by atoms with Gasteiger partial charge in [-0.25, -0.2) is 0 Å². The maximum atomic E-state index is 3.56. The fourth-order valence-electron chi connectivity index (χ4n) is 2.91. The Bertz CT molecular complexity index is 198. The molecule has 0 aliphatic carbocycles. The lowest BCUT2D eigenvalue weighted by Gasteiger charge is -2.30. The van der Waals surface area contributed by atoms with Gasteiger partial charge in [-0.2, -0.15) is 0 Å². The van der Waals surface area contributed by atoms with Crippen LogP contribution in [0.5, 0.6) is 0 Å². The number of hydrogen-bond donors (Lipinski definition) is 1. The molecular weight excluding hydrogens is 220 g/mol. The Morgan fingerprint density at radius 1 is 1.12 bits per heavy atom. The van der Waals surface area contributed by atoms with E-state index in [1.165, 1.54) is 45.3 Å². The van der Waals surface area contributed by atoms with Crippen LogP contribution < -0.4 is 5.32 Å². The molecule has 2 unspecified atom stereocenters. The second-order valence-electron chi connectivity index (χ2n) is 6.43. The van der Waals surface area contributed by atoms with Crippen LogP contribution in [0.1, 0.15) is 46.5 Å². The highest BCUT2D eigenvalue weighted by atomic mass is 35.5. The number of rotatable bonds is 2. The van der Waals surface area contributed by atoms with Crippen LogP contribution in [-0.2, 0) is 0 Å². The van der Waals surface area contributed by atoms with Crippen molar-refractivity contribution in [1.82, 2.24) is 10.2 Å². The zero-order chi connectivity index (χ0) is 10.9. The summed E-state index contributed by atoms with van der Waals surface area (Å²) in [6, 6.07) is 1.71. The summed E-state index contributed by atoms with van der Waals surface area (Å²) in [4.78, 5) is 2.78. The molecule has 0 amide bonds. The van der Waals surface area contributed by atoms with E-state index in [0.717, 1.165) is 12.1 Å². The summed E-state index contributed by atoms with van der Waals surface area (Å²) in [5.41, 5.74) is 0.485. The monoisotopic (exact) mass is 246 g/mol. The minimum atomic E-state index is 0. The molecule has 2 atom stereocenters. The van der Waals surface area contributed by atoms with Crippen molar-refractivity contribution in [1.29, 1.82) is 0 Å². The van der Waals surface area contributed by atoms with E-state index in [9.17, 15) is 0 Å². The lowest BCUT2D eigenvalue weighted by Crippen LogP contribution is -2.39. The van der Waals surface area contributed by atoms with Gasteiger partial charge in [0, 0.05) is 18.6 Å². The zero-order valence-electron chi connectivity index (χ0n) is 11.0. The standard InChI is InChI=1S/C13H26N2.ClH/c1-13(2,3)7-9-15-11-4-5-12(15)10-14-8-6-11;/h11-12,14H,4-10H2,1-3H3;1H. The van der Waals surface area contributed by atoms with Crippen LogP contribution in [-0.4, -0.2) is 36.6 Å². The molecule has 2 heterocycles. The van der Waals surface area contributed by atoms with Crippen molar-refractivity contribution in [2.24, 2.45) is 5.41 Å². The second-order valence-corrected chi connectivity index (χ2v) is 6.43. The largest absolute Gasteiger partial charge is 0.315 e. The minimum absolute atomic E-state index is 0. The van der Waals surface area contributed by atoms with Crippen LogP contribution in [0.25, 0.3) is 0 Å². The molecule has 2 aliphatic heterocycles. The van der Waals surface area contributed by atoms with Gasteiger partial charge in [0.25, 0.3) is 0 Å². The summed E-state index contributed by atoms with van der Waals surface area (Å²) in [6.45, 7) is 10.8. The van der Waals surface area contributed by atoms with Gasteiger partial charge in [-0.05, 0) is 44.2 Å². The van der Waals surface area contributed by atoms with Crippen molar-refractivity contribution >= 4 is 12.4 Å². The second kappa shape index (κ2) is 5.70. The maximum absolute atomic E-state index is 3.56. The van der Waals surface area contributed by atoms with Crippen molar-refractivity contribution in [3.05, 3.63) is 0 Å². The predicted molar refractivity (Wildman–Crippen MR) is 72.3 cm³/mol. The summed E-state index contributed by atoms with van der Waals surface area (Å²) < 4.78 is 0. The average Bonchev–Trinajstić information content (AvgIpc) is 2.34. The summed E-state index contributed by atoms with van der Waals surface area (Å²) >= 11 is 0. The molecule has 0 aromatic carbocycles. The van der Waals surface area contributed by atoms with Crippen molar-refractivity contribution < 1.29 is 0 Å². The van der Waals surface area contributed by atoms with E-state index < -0.39 is 0 Å². The van der Waals surface area contributed by atoms with Gasteiger partial charge in [0.05, 0.1) is 0 Å². The highest BCUT2D eigenvalue weighted by Crippen LogP contribution is 2.30. The molecule has 0 aromatic rings. The first-order valence-corrected chi connectivity index (χ1v) is 6.53. The Morgan fingerprint density at radius 3 is 2.50 bits per heavy atom. The summed E-state index contributed by atoms with van der Waals surface area (Å²) in [5, 5.41) is 3.56. The van der Waals surface area contributed by atoms with E-state index in [1.54, 1.807) is 0 Å². The first kappa shape index (κ1) is 14.3. The van der Waals surface area contributed by atoms with Gasteiger partial charge in [0.2, 0.25) is 0 Å². The Morgan fingerprint density at radius 2 is 1.81 bits per heavy atom. The van der Waals surface area contributed by atoms with Gasteiger partial charge in [-0.1, -0.05) is 20.8 Å². The molecule has 0 saturated carbocycles. The summed E-state index contributed by atoms with van der Waals surface area (Å²) in [6.07, 6.45) is 5.55. The highest BCUT2D eigenvalue weighted by Gasteiger charge is 2.34. The highest BCUT2D eigenvalue weighted by molar-refractivity contribution is 5.85. The normalized spacial score (nSPS) is 30.9. The lowest BCUT2D eigenvalue weighted by atomic mass is 9.92. The molecule has 1 N–H and O–H groups in total. The minimum Gasteiger partial charge on any atom is -0.315 e. The van der Waals surface area contributed by atoms with Crippen LogP contribution in [0.2, 0.25) is 0 Å². The third kappa shape index (κ3) is 3.61. The maximum Gasteiger partial charge on any atom is 0.0224 e. The lowest BCUT2D eigenvalue weighted by molar-refractivity contribution is 0.173. The molecule has 0 aromatic heterocycles. The molecule has 2 saturated heterocycles. The molecule has 2 fully saturated rings. The summed E-state index contributed by atoms with van der Waals surface area (Å²) in [7, 11) is 0. The summed E-state index contributed by atoms with van der Waals surface area (Å²) in [5.74, 6) is 0. The SMILES string of the molecule is CC(C)(C)CCN1C2CCNCC1CC2.Cl. The van der Waals surface area contributed by atoms with Crippen molar-refractivity contribution in [2.75, 3.05) is 19.6 Å². The fourth-order valence-corrected chi connectivity index (χ4v) is 2.91. The van der Waals surface area contributed by atoms with Crippen molar-refractivity contribution in [2.45, 2.75) is 58.5 Å². The van der Waals surface area contributed by atoms with Crippen LogP contribution in [0.4, 0.5) is 0 Å². The third-order valence-electron chi connectivity index (χ3n) is 3.93. The molecule has 2 nitrogen and oxygen atoms in total.